The fourth-order valence-electron chi connectivity index (χ4n) is 3.05. The van der Waals surface area contributed by atoms with Gasteiger partial charge in [-0.25, -0.2) is 0 Å². The second-order valence-corrected chi connectivity index (χ2v) is 7.00. The van der Waals surface area contributed by atoms with Gasteiger partial charge >= 0.3 is 6.61 Å². The Hall–Kier alpha value is -2.74. The van der Waals surface area contributed by atoms with Crippen molar-refractivity contribution >= 4 is 17.5 Å². The van der Waals surface area contributed by atoms with Gasteiger partial charge in [-0.1, -0.05) is 17.7 Å². The first-order valence-electron chi connectivity index (χ1n) is 9.42. The molecule has 6 nitrogen and oxygen atoms in total. The summed E-state index contributed by atoms with van der Waals surface area (Å²) in [4.78, 5) is 12.3. The van der Waals surface area contributed by atoms with E-state index in [1.807, 2.05) is 0 Å². The predicted octanol–water partition coefficient (Wildman–Crippen LogP) is 4.01. The van der Waals surface area contributed by atoms with E-state index in [1.165, 1.54) is 13.2 Å². The van der Waals surface area contributed by atoms with Crippen molar-refractivity contribution in [2.24, 2.45) is 0 Å². The molecule has 3 rings (SSSR count). The Morgan fingerprint density at radius 1 is 1.17 bits per heavy atom. The van der Waals surface area contributed by atoms with E-state index in [4.69, 9.17) is 25.8 Å². The van der Waals surface area contributed by atoms with Crippen molar-refractivity contribution in [3.63, 3.8) is 0 Å². The van der Waals surface area contributed by atoms with Crippen molar-refractivity contribution in [2.45, 2.75) is 25.9 Å². The lowest BCUT2D eigenvalue weighted by molar-refractivity contribution is -0.120. The summed E-state index contributed by atoms with van der Waals surface area (Å²) in [5.74, 6) is 1.01. The van der Waals surface area contributed by atoms with Crippen LogP contribution in [0.4, 0.5) is 8.78 Å². The monoisotopic (exact) mass is 441 g/mol. The number of ether oxygens (including phenoxy) is 4. The van der Waals surface area contributed by atoms with Crippen LogP contribution in [-0.2, 0) is 17.6 Å². The molecule has 1 amide bonds. The van der Waals surface area contributed by atoms with Gasteiger partial charge in [0.2, 0.25) is 5.91 Å². The Kier molecular flexibility index (Phi) is 7.57. The molecule has 0 aliphatic carbocycles. The fourth-order valence-corrected chi connectivity index (χ4v) is 3.33. The van der Waals surface area contributed by atoms with Crippen LogP contribution in [0.25, 0.3) is 0 Å². The van der Waals surface area contributed by atoms with Gasteiger partial charge in [0.15, 0.2) is 23.0 Å². The Morgan fingerprint density at radius 2 is 1.97 bits per heavy atom. The Morgan fingerprint density at radius 3 is 2.73 bits per heavy atom. The number of hydrogen-bond donors (Lipinski definition) is 1. The summed E-state index contributed by atoms with van der Waals surface area (Å²) < 4.78 is 45.7. The van der Waals surface area contributed by atoms with E-state index >= 15 is 0 Å². The van der Waals surface area contributed by atoms with E-state index in [0.29, 0.717) is 48.3 Å². The standard InChI is InChI=1S/C21H22ClF2NO5/c1-27-16-4-3-13(10-17(16)30-21(23)24)5-6-25-19(26)12-14-9-15(22)20-18(11-14)28-7-2-8-29-20/h3-4,9-11,21H,2,5-8,12H2,1H3,(H,25,26). The highest BCUT2D eigenvalue weighted by molar-refractivity contribution is 6.32. The molecule has 0 saturated carbocycles. The predicted molar refractivity (Wildman–Crippen MR) is 107 cm³/mol. The number of halogens is 3. The summed E-state index contributed by atoms with van der Waals surface area (Å²) in [5, 5.41) is 3.21. The van der Waals surface area contributed by atoms with Gasteiger partial charge in [-0.3, -0.25) is 4.79 Å². The highest BCUT2D eigenvalue weighted by atomic mass is 35.5. The molecule has 162 valence electrons. The van der Waals surface area contributed by atoms with Gasteiger partial charge < -0.3 is 24.3 Å². The number of alkyl halides is 2. The molecule has 1 N–H and O–H groups in total. The zero-order valence-electron chi connectivity index (χ0n) is 16.4. The molecule has 0 atom stereocenters. The number of benzene rings is 2. The summed E-state index contributed by atoms with van der Waals surface area (Å²) >= 11 is 6.25. The third-order valence-corrected chi connectivity index (χ3v) is 4.69. The minimum absolute atomic E-state index is 0.0434. The number of rotatable bonds is 8. The summed E-state index contributed by atoms with van der Waals surface area (Å²) in [6, 6.07) is 8.19. The lowest BCUT2D eigenvalue weighted by atomic mass is 10.1. The quantitative estimate of drug-likeness (QED) is 0.670. The summed E-state index contributed by atoms with van der Waals surface area (Å²) in [7, 11) is 1.37. The second-order valence-electron chi connectivity index (χ2n) is 6.60. The molecule has 1 heterocycles. The minimum atomic E-state index is -2.95. The van der Waals surface area contributed by atoms with Crippen molar-refractivity contribution in [1.82, 2.24) is 5.32 Å². The van der Waals surface area contributed by atoms with Crippen molar-refractivity contribution < 1.29 is 32.5 Å². The zero-order valence-corrected chi connectivity index (χ0v) is 17.1. The number of nitrogens with one attached hydrogen (secondary N) is 1. The highest BCUT2D eigenvalue weighted by Crippen LogP contribution is 2.38. The maximum atomic E-state index is 12.5. The molecule has 0 unspecified atom stereocenters. The van der Waals surface area contributed by atoms with Crippen LogP contribution in [0.3, 0.4) is 0 Å². The molecule has 0 fully saturated rings. The average molecular weight is 442 g/mol. The summed E-state index contributed by atoms with van der Waals surface area (Å²) in [5.41, 5.74) is 1.43. The molecule has 1 aliphatic heterocycles. The van der Waals surface area contributed by atoms with Crippen molar-refractivity contribution in [3.05, 3.63) is 46.5 Å². The van der Waals surface area contributed by atoms with Crippen LogP contribution < -0.4 is 24.3 Å². The van der Waals surface area contributed by atoms with Gasteiger partial charge in [0.05, 0.1) is 31.8 Å². The zero-order chi connectivity index (χ0) is 21.5. The molecule has 0 radical (unpaired) electrons. The van der Waals surface area contributed by atoms with Gasteiger partial charge in [-0.05, 0) is 41.8 Å². The van der Waals surface area contributed by atoms with Gasteiger partial charge in [0.1, 0.15) is 0 Å². The van der Waals surface area contributed by atoms with E-state index in [0.717, 1.165) is 12.0 Å². The van der Waals surface area contributed by atoms with E-state index < -0.39 is 6.61 Å². The normalized spacial score (nSPS) is 13.0. The lowest BCUT2D eigenvalue weighted by Gasteiger charge is -2.13. The van der Waals surface area contributed by atoms with Crippen molar-refractivity contribution in [3.8, 4) is 23.0 Å². The second kappa shape index (κ2) is 10.3. The number of hydrogen-bond acceptors (Lipinski definition) is 5. The van der Waals surface area contributed by atoms with Gasteiger partial charge in [0, 0.05) is 13.0 Å². The smallest absolute Gasteiger partial charge is 0.387 e. The minimum Gasteiger partial charge on any atom is -0.493 e. The third kappa shape index (κ3) is 5.89. The van der Waals surface area contributed by atoms with Gasteiger partial charge in [-0.15, -0.1) is 0 Å². The number of fused-ring (bicyclic) bond motifs is 1. The van der Waals surface area contributed by atoms with E-state index in [9.17, 15) is 13.6 Å². The van der Waals surface area contributed by atoms with Crippen LogP contribution in [0.2, 0.25) is 5.02 Å². The molecule has 0 aromatic heterocycles. The molecular formula is C21H22ClF2NO5. The highest BCUT2D eigenvalue weighted by Gasteiger charge is 2.17. The first-order valence-corrected chi connectivity index (χ1v) is 9.80. The molecule has 2 aromatic rings. The summed E-state index contributed by atoms with van der Waals surface area (Å²) in [6.45, 7) is -1.56. The van der Waals surface area contributed by atoms with Crippen molar-refractivity contribution in [2.75, 3.05) is 26.9 Å². The van der Waals surface area contributed by atoms with Crippen LogP contribution in [0, 0.1) is 0 Å². The Balaban J connectivity index is 1.55. The molecule has 0 spiro atoms. The summed E-state index contributed by atoms with van der Waals surface area (Å²) in [6.07, 6.45) is 1.33. The fraction of sp³-hybridized carbons (Fsp3) is 0.381. The van der Waals surface area contributed by atoms with Crippen LogP contribution in [0.1, 0.15) is 17.5 Å². The number of carbonyl (C=O) groups excluding carboxylic acids is 1. The lowest BCUT2D eigenvalue weighted by Crippen LogP contribution is -2.27. The van der Waals surface area contributed by atoms with Crippen LogP contribution in [0.15, 0.2) is 30.3 Å². The van der Waals surface area contributed by atoms with E-state index in [-0.39, 0.29) is 23.8 Å². The van der Waals surface area contributed by atoms with Crippen molar-refractivity contribution in [1.29, 1.82) is 0 Å². The number of methoxy groups -OCH3 is 1. The van der Waals surface area contributed by atoms with Crippen LogP contribution >= 0.6 is 11.6 Å². The molecule has 1 aliphatic rings. The number of carbonyl (C=O) groups is 1. The van der Waals surface area contributed by atoms with Gasteiger partial charge in [0.25, 0.3) is 0 Å². The Labute approximate surface area is 178 Å². The molecule has 9 heteroatoms. The SMILES string of the molecule is COc1ccc(CCNC(=O)Cc2cc(Cl)c3c(c2)OCCCO3)cc1OC(F)F. The maximum Gasteiger partial charge on any atom is 0.387 e. The third-order valence-electron chi connectivity index (χ3n) is 4.41. The number of amides is 1. The van der Waals surface area contributed by atoms with Crippen LogP contribution in [-0.4, -0.2) is 39.4 Å². The molecule has 2 aromatic carbocycles. The van der Waals surface area contributed by atoms with E-state index in [2.05, 4.69) is 10.1 Å². The topological polar surface area (TPSA) is 66.0 Å². The van der Waals surface area contributed by atoms with Gasteiger partial charge in [-0.2, -0.15) is 8.78 Å². The first kappa shape index (κ1) is 22.0. The molecule has 0 bridgehead atoms. The van der Waals surface area contributed by atoms with E-state index in [1.54, 1.807) is 24.3 Å². The first-order chi connectivity index (χ1) is 14.5. The van der Waals surface area contributed by atoms with Crippen LogP contribution in [0.5, 0.6) is 23.0 Å². The molecule has 0 saturated heterocycles. The molecular weight excluding hydrogens is 420 g/mol. The molecule has 30 heavy (non-hydrogen) atoms. The maximum absolute atomic E-state index is 12.5. The average Bonchev–Trinajstić information content (AvgIpc) is 2.93. The Bertz CT molecular complexity index is 894. The largest absolute Gasteiger partial charge is 0.493 e.